The molecule has 37 heavy (non-hydrogen) atoms. The summed E-state index contributed by atoms with van der Waals surface area (Å²) in [6.07, 6.45) is 13.1. The first kappa shape index (κ1) is 32.0. The number of nitrogens with one attached hydrogen (secondary N) is 1. The lowest BCUT2D eigenvalue weighted by molar-refractivity contribution is 0.355. The first-order chi connectivity index (χ1) is 16.8. The Morgan fingerprint density at radius 2 is 1.41 bits per heavy atom. The van der Waals surface area contributed by atoms with E-state index in [-0.39, 0.29) is 16.4 Å². The molecule has 0 saturated carbocycles. The van der Waals surface area contributed by atoms with Crippen molar-refractivity contribution in [2.75, 3.05) is 0 Å². The van der Waals surface area contributed by atoms with Gasteiger partial charge in [0.05, 0.1) is 11.7 Å². The number of rotatable bonds is 0. The molecule has 0 aliphatic heterocycles. The van der Waals surface area contributed by atoms with E-state index in [0.29, 0.717) is 5.41 Å². The number of aromatic amines is 1. The fourth-order valence-electron chi connectivity index (χ4n) is 3.29. The van der Waals surface area contributed by atoms with Crippen LogP contribution in [-0.2, 0) is 28.8 Å². The van der Waals surface area contributed by atoms with Gasteiger partial charge in [0.2, 0.25) is 0 Å². The minimum Gasteiger partial charge on any atom is -0.448 e. The van der Waals surface area contributed by atoms with Gasteiger partial charge in [0.25, 0.3) is 0 Å². The van der Waals surface area contributed by atoms with Crippen LogP contribution in [0.15, 0.2) is 72.1 Å². The molecule has 6 nitrogen and oxygen atoms in total. The van der Waals surface area contributed by atoms with Gasteiger partial charge < -0.3 is 14.0 Å². The van der Waals surface area contributed by atoms with Gasteiger partial charge in [-0.2, -0.15) is 5.10 Å². The molecule has 0 aliphatic carbocycles. The zero-order valence-corrected chi connectivity index (χ0v) is 25.5. The van der Waals surface area contributed by atoms with Crippen LogP contribution in [0.4, 0.5) is 0 Å². The van der Waals surface area contributed by atoms with Crippen molar-refractivity contribution in [1.82, 2.24) is 24.3 Å². The third kappa shape index (κ3) is 11.7. The lowest BCUT2D eigenvalue weighted by atomic mass is 9.89. The number of aromatic nitrogens is 5. The van der Waals surface area contributed by atoms with Crippen molar-refractivity contribution in [2.24, 2.45) is 7.05 Å². The molecular formula is C31H51N5O. The Hall–Kier alpha value is -3.02. The molecule has 0 aliphatic rings. The highest BCUT2D eigenvalue weighted by Gasteiger charge is 2.18. The summed E-state index contributed by atoms with van der Waals surface area (Å²) in [5, 5.41) is 4.10. The van der Waals surface area contributed by atoms with E-state index >= 15 is 0 Å². The van der Waals surface area contributed by atoms with E-state index in [0.717, 1.165) is 5.89 Å². The van der Waals surface area contributed by atoms with E-state index in [4.69, 9.17) is 4.42 Å². The lowest BCUT2D eigenvalue weighted by Crippen LogP contribution is -2.21. The van der Waals surface area contributed by atoms with Crippen molar-refractivity contribution in [3.8, 4) is 0 Å². The van der Waals surface area contributed by atoms with Crippen LogP contribution in [0.5, 0.6) is 0 Å². The second kappa shape index (κ2) is 13.0. The summed E-state index contributed by atoms with van der Waals surface area (Å²) in [5.74, 6) is 0.794. The van der Waals surface area contributed by atoms with Gasteiger partial charge in [0.1, 0.15) is 6.26 Å². The molecule has 0 fully saturated rings. The van der Waals surface area contributed by atoms with E-state index < -0.39 is 0 Å². The van der Waals surface area contributed by atoms with Gasteiger partial charge in [-0.25, -0.2) is 4.98 Å². The van der Waals surface area contributed by atoms with Crippen molar-refractivity contribution >= 4 is 0 Å². The van der Waals surface area contributed by atoms with Crippen LogP contribution in [0.2, 0.25) is 0 Å². The van der Waals surface area contributed by atoms with Crippen LogP contribution in [0.25, 0.3) is 0 Å². The number of H-pyrrole nitrogens is 1. The van der Waals surface area contributed by atoms with E-state index in [9.17, 15) is 0 Å². The fourth-order valence-corrected chi connectivity index (χ4v) is 3.29. The summed E-state index contributed by atoms with van der Waals surface area (Å²) < 4.78 is 9.19. The summed E-state index contributed by atoms with van der Waals surface area (Å²) in [5.41, 5.74) is 3.49. The maximum atomic E-state index is 5.09. The summed E-state index contributed by atoms with van der Waals surface area (Å²) in [6.45, 7) is 25.9. The van der Waals surface area contributed by atoms with Crippen molar-refractivity contribution in [3.05, 3.63) is 84.9 Å². The minimum absolute atomic E-state index is 0.0451. The maximum absolute atomic E-state index is 5.09. The molecular weight excluding hydrogens is 458 g/mol. The molecule has 4 heterocycles. The van der Waals surface area contributed by atoms with Gasteiger partial charge in [-0.3, -0.25) is 4.68 Å². The summed E-state index contributed by atoms with van der Waals surface area (Å²) in [6, 6.07) is 8.30. The zero-order chi connectivity index (χ0) is 28.5. The van der Waals surface area contributed by atoms with Gasteiger partial charge in [0.15, 0.2) is 5.89 Å². The third-order valence-electron chi connectivity index (χ3n) is 5.44. The quantitative estimate of drug-likeness (QED) is 0.259. The zero-order valence-electron chi connectivity index (χ0n) is 25.5. The van der Waals surface area contributed by atoms with E-state index in [1.54, 1.807) is 18.7 Å². The Labute approximate surface area is 225 Å². The summed E-state index contributed by atoms with van der Waals surface area (Å²) in [7, 11) is 2.08. The van der Waals surface area contributed by atoms with E-state index in [1.165, 1.54) is 11.3 Å². The molecule has 4 aromatic heterocycles. The smallest absolute Gasteiger partial charge is 0.199 e. The Kier molecular flexibility index (Phi) is 11.2. The van der Waals surface area contributed by atoms with Crippen LogP contribution in [0.1, 0.15) is 100 Å². The van der Waals surface area contributed by atoms with Crippen molar-refractivity contribution in [2.45, 2.75) is 105 Å². The molecule has 0 atom stereocenters. The second-order valence-corrected chi connectivity index (χ2v) is 13.3. The van der Waals surface area contributed by atoms with Crippen molar-refractivity contribution < 1.29 is 4.42 Å². The van der Waals surface area contributed by atoms with Crippen molar-refractivity contribution in [3.63, 3.8) is 0 Å². The Morgan fingerprint density at radius 3 is 1.62 bits per heavy atom. The molecule has 4 rings (SSSR count). The Balaban J connectivity index is 0.000000247. The predicted molar refractivity (Wildman–Crippen MR) is 156 cm³/mol. The molecule has 6 heteroatoms. The van der Waals surface area contributed by atoms with Gasteiger partial charge in [-0.1, -0.05) is 62.3 Å². The monoisotopic (exact) mass is 509 g/mol. The SMILES string of the molecule is CC(C)(C)c1cc[nH]c1.CC(C)(C)c1ncco1.CC(C)(C)n1cccn1.Cn1cccc1C(C)(C)C. The molecule has 206 valence electrons. The van der Waals surface area contributed by atoms with Crippen LogP contribution in [0, 0.1) is 0 Å². The lowest BCUT2D eigenvalue weighted by Gasteiger charge is -2.19. The molecule has 0 amide bonds. The largest absolute Gasteiger partial charge is 0.448 e. The molecule has 0 unspecified atom stereocenters. The minimum atomic E-state index is 0.0451. The molecule has 0 radical (unpaired) electrons. The van der Waals surface area contributed by atoms with Gasteiger partial charge in [-0.05, 0) is 56.0 Å². The summed E-state index contributed by atoms with van der Waals surface area (Å²) in [4.78, 5) is 7.06. The molecule has 0 saturated heterocycles. The number of hydrogen-bond donors (Lipinski definition) is 1. The van der Waals surface area contributed by atoms with Crippen LogP contribution in [0.3, 0.4) is 0 Å². The highest BCUT2D eigenvalue weighted by molar-refractivity contribution is 5.18. The van der Waals surface area contributed by atoms with Crippen LogP contribution in [-0.4, -0.2) is 24.3 Å². The number of nitrogens with zero attached hydrogens (tertiary/aromatic N) is 4. The number of aryl methyl sites for hydroxylation is 1. The standard InChI is InChI=1S/C9H15N.C8H13N.C7H12N2.C7H11NO/c1-9(2,3)8-6-5-7-10(8)4;1-8(2,3)7-4-5-9-6-7;1-7(2,3)9-6-4-5-8-9;1-7(2,3)6-8-4-5-9-6/h5-7H,1-4H3;4-6,9H,1-3H3;4-6H,1-3H3;4-5H,1-3H3. The molecule has 0 aromatic carbocycles. The topological polar surface area (TPSA) is 64.6 Å². The van der Waals surface area contributed by atoms with Crippen LogP contribution >= 0.6 is 0 Å². The second-order valence-electron chi connectivity index (χ2n) is 13.3. The Bertz CT molecular complexity index is 985. The van der Waals surface area contributed by atoms with Crippen LogP contribution < -0.4 is 0 Å². The van der Waals surface area contributed by atoms with Crippen molar-refractivity contribution in [1.29, 1.82) is 0 Å². The Morgan fingerprint density at radius 1 is 0.757 bits per heavy atom. The highest BCUT2D eigenvalue weighted by Crippen LogP contribution is 2.22. The number of hydrogen-bond acceptors (Lipinski definition) is 3. The molecule has 1 N–H and O–H groups in total. The van der Waals surface area contributed by atoms with Gasteiger partial charge in [-0.15, -0.1) is 0 Å². The van der Waals surface area contributed by atoms with Gasteiger partial charge in [0, 0.05) is 54.6 Å². The average Bonchev–Trinajstić information content (AvgIpc) is 3.56. The maximum Gasteiger partial charge on any atom is 0.199 e. The first-order valence-electron chi connectivity index (χ1n) is 13.0. The number of oxazole rings is 1. The van der Waals surface area contributed by atoms with Gasteiger partial charge >= 0.3 is 0 Å². The van der Waals surface area contributed by atoms with E-state index in [1.807, 2.05) is 29.3 Å². The first-order valence-corrected chi connectivity index (χ1v) is 13.0. The molecule has 0 bridgehead atoms. The average molecular weight is 510 g/mol. The molecule has 0 spiro atoms. The molecule has 4 aromatic rings. The normalized spacial score (nSPS) is 11.9. The highest BCUT2D eigenvalue weighted by atomic mass is 16.3. The fraction of sp³-hybridized carbons (Fsp3) is 0.548. The third-order valence-corrected chi connectivity index (χ3v) is 5.44. The summed E-state index contributed by atoms with van der Waals surface area (Å²) >= 11 is 0. The van der Waals surface area contributed by atoms with E-state index in [2.05, 4.69) is 134 Å². The predicted octanol–water partition coefficient (Wildman–Crippen LogP) is 8.25.